The lowest BCUT2D eigenvalue weighted by Crippen LogP contribution is -2.24. The summed E-state index contributed by atoms with van der Waals surface area (Å²) in [4.78, 5) is 12.3. The number of amides is 1. The molecular weight excluding hydrogens is 372 g/mol. The number of benzene rings is 2. The number of carbonyl (C=O) groups excluding carboxylic acids is 1. The fraction of sp³-hybridized carbons (Fsp3) is 0.316. The van der Waals surface area contributed by atoms with Gasteiger partial charge in [0.25, 0.3) is 5.91 Å². The summed E-state index contributed by atoms with van der Waals surface area (Å²) in [6, 6.07) is 12.5. The summed E-state index contributed by atoms with van der Waals surface area (Å²) in [5.74, 6) is 1.34. The number of hydrogen-bond donors (Lipinski definition) is 2. The summed E-state index contributed by atoms with van der Waals surface area (Å²) in [6.45, 7) is 0.403. The molecule has 1 amide bonds. The predicted octanol–water partition coefficient (Wildman–Crippen LogP) is 3.54. The van der Waals surface area contributed by atoms with E-state index in [1.54, 1.807) is 0 Å². The molecule has 0 saturated carbocycles. The number of methoxy groups -OCH3 is 1. The number of carbonyl (C=O) groups is 1. The smallest absolute Gasteiger partial charge is 0.255 e. The number of primary amides is 1. The van der Waals surface area contributed by atoms with Crippen LogP contribution in [0.1, 0.15) is 23.6 Å². The van der Waals surface area contributed by atoms with Crippen LogP contribution in [0.5, 0.6) is 11.5 Å². The van der Waals surface area contributed by atoms with Gasteiger partial charge in [0, 0.05) is 17.5 Å². The highest BCUT2D eigenvalue weighted by Gasteiger charge is 2.20. The van der Waals surface area contributed by atoms with Crippen molar-refractivity contribution < 1.29 is 14.3 Å². The fourth-order valence-corrected chi connectivity index (χ4v) is 4.37. The van der Waals surface area contributed by atoms with Gasteiger partial charge in [0.2, 0.25) is 0 Å². The molecule has 138 valence electrons. The number of thioether (sulfide) groups is 1. The second-order valence-corrected chi connectivity index (χ2v) is 7.52. The Morgan fingerprint density at radius 3 is 2.96 bits per heavy atom. The molecule has 1 heterocycles. The summed E-state index contributed by atoms with van der Waals surface area (Å²) < 4.78 is 10.7. The molecule has 0 aliphatic carbocycles. The molecule has 0 saturated heterocycles. The topological polar surface area (TPSA) is 73.6 Å². The van der Waals surface area contributed by atoms with Crippen LogP contribution in [-0.2, 0) is 11.3 Å². The van der Waals surface area contributed by atoms with Gasteiger partial charge in [-0.05, 0) is 41.5 Å². The van der Waals surface area contributed by atoms with E-state index in [2.05, 4.69) is 29.6 Å². The van der Waals surface area contributed by atoms with E-state index in [0.29, 0.717) is 29.1 Å². The highest BCUT2D eigenvalue weighted by atomic mass is 35.5. The molecule has 3 N–H and O–H groups in total. The lowest BCUT2D eigenvalue weighted by atomic mass is 10.0. The van der Waals surface area contributed by atoms with Crippen molar-refractivity contribution in [3.05, 3.63) is 52.5 Å². The lowest BCUT2D eigenvalue weighted by molar-refractivity contribution is -0.119. The molecule has 0 spiro atoms. The summed E-state index contributed by atoms with van der Waals surface area (Å²) in [5, 5.41) is 3.99. The van der Waals surface area contributed by atoms with Gasteiger partial charge in [0.05, 0.1) is 12.1 Å². The van der Waals surface area contributed by atoms with Crippen LogP contribution in [0, 0.1) is 0 Å². The van der Waals surface area contributed by atoms with E-state index >= 15 is 0 Å². The first kappa shape index (κ1) is 18.9. The van der Waals surface area contributed by atoms with Crippen molar-refractivity contribution >= 4 is 29.3 Å². The molecule has 5 nitrogen and oxygen atoms in total. The number of nitrogens with two attached hydrogens (primary N) is 1. The number of hydrogen-bond acceptors (Lipinski definition) is 5. The number of nitrogens with one attached hydrogen (secondary N) is 1. The SMILES string of the molecule is COc1cc(CNC2CCSc3ccccc32)cc(Cl)c1OCC(N)=O. The molecule has 1 atom stereocenters. The van der Waals surface area contributed by atoms with Crippen molar-refractivity contribution in [1.29, 1.82) is 0 Å². The molecule has 1 aliphatic rings. The molecule has 0 aromatic heterocycles. The molecule has 2 aromatic carbocycles. The maximum atomic E-state index is 10.9. The monoisotopic (exact) mass is 392 g/mol. The molecule has 3 rings (SSSR count). The van der Waals surface area contributed by atoms with Crippen molar-refractivity contribution in [2.45, 2.75) is 23.9 Å². The zero-order valence-corrected chi connectivity index (χ0v) is 16.0. The zero-order valence-electron chi connectivity index (χ0n) is 14.5. The summed E-state index contributed by atoms with van der Waals surface area (Å²) >= 11 is 8.21. The van der Waals surface area contributed by atoms with Gasteiger partial charge in [-0.1, -0.05) is 29.8 Å². The molecule has 1 unspecified atom stereocenters. The maximum absolute atomic E-state index is 10.9. The Bertz CT molecular complexity index is 800. The van der Waals surface area contributed by atoms with E-state index in [4.69, 9.17) is 26.8 Å². The number of fused-ring (bicyclic) bond motifs is 1. The molecule has 1 aliphatic heterocycles. The Hall–Kier alpha value is -1.89. The highest BCUT2D eigenvalue weighted by Crippen LogP contribution is 2.38. The van der Waals surface area contributed by atoms with Gasteiger partial charge in [-0.15, -0.1) is 11.8 Å². The van der Waals surface area contributed by atoms with Gasteiger partial charge < -0.3 is 20.5 Å². The average Bonchev–Trinajstić information content (AvgIpc) is 2.64. The van der Waals surface area contributed by atoms with E-state index in [9.17, 15) is 4.79 Å². The summed E-state index contributed by atoms with van der Waals surface area (Å²) in [6.07, 6.45) is 1.08. The Kier molecular flexibility index (Phi) is 6.29. The molecule has 0 bridgehead atoms. The minimum absolute atomic E-state index is 0.246. The first-order valence-corrected chi connectivity index (χ1v) is 9.67. The lowest BCUT2D eigenvalue weighted by Gasteiger charge is -2.26. The Morgan fingerprint density at radius 1 is 1.38 bits per heavy atom. The third-order valence-electron chi connectivity index (χ3n) is 4.16. The molecule has 7 heteroatoms. The maximum Gasteiger partial charge on any atom is 0.255 e. The van der Waals surface area contributed by atoms with Crippen LogP contribution < -0.4 is 20.5 Å². The third kappa shape index (κ3) is 4.44. The minimum Gasteiger partial charge on any atom is -0.493 e. The van der Waals surface area contributed by atoms with Crippen LogP contribution in [0.2, 0.25) is 5.02 Å². The molecule has 0 fully saturated rings. The predicted molar refractivity (Wildman–Crippen MR) is 104 cm³/mol. The molecule has 26 heavy (non-hydrogen) atoms. The van der Waals surface area contributed by atoms with Crippen molar-refractivity contribution in [3.8, 4) is 11.5 Å². The van der Waals surface area contributed by atoms with Crippen LogP contribution in [0.3, 0.4) is 0 Å². The van der Waals surface area contributed by atoms with Crippen LogP contribution in [0.4, 0.5) is 0 Å². The first-order valence-electron chi connectivity index (χ1n) is 8.31. The second-order valence-electron chi connectivity index (χ2n) is 5.97. The van der Waals surface area contributed by atoms with E-state index in [0.717, 1.165) is 17.7 Å². The fourth-order valence-electron chi connectivity index (χ4n) is 2.95. The highest BCUT2D eigenvalue weighted by molar-refractivity contribution is 7.99. The second kappa shape index (κ2) is 8.66. The number of rotatable bonds is 7. The van der Waals surface area contributed by atoms with Gasteiger partial charge in [-0.2, -0.15) is 0 Å². The van der Waals surface area contributed by atoms with Crippen molar-refractivity contribution in [3.63, 3.8) is 0 Å². The van der Waals surface area contributed by atoms with Gasteiger partial charge in [0.15, 0.2) is 18.1 Å². The van der Waals surface area contributed by atoms with Gasteiger partial charge in [0.1, 0.15) is 0 Å². The normalized spacial score (nSPS) is 16.0. The van der Waals surface area contributed by atoms with Crippen LogP contribution in [0.25, 0.3) is 0 Å². The summed E-state index contributed by atoms with van der Waals surface area (Å²) in [7, 11) is 1.54. The Morgan fingerprint density at radius 2 is 2.19 bits per heavy atom. The van der Waals surface area contributed by atoms with Crippen molar-refractivity contribution in [2.24, 2.45) is 5.73 Å². The molecule has 2 aromatic rings. The van der Waals surface area contributed by atoms with Gasteiger partial charge in [-0.25, -0.2) is 0 Å². The zero-order chi connectivity index (χ0) is 18.5. The Balaban J connectivity index is 1.73. The standard InChI is InChI=1S/C19H21ClN2O3S/c1-24-16-9-12(8-14(20)19(16)25-11-18(21)23)10-22-15-6-7-26-17-5-3-2-4-13(15)17/h2-5,8-9,15,22H,6-7,10-11H2,1H3,(H2,21,23). The van der Waals surface area contributed by atoms with E-state index in [-0.39, 0.29) is 6.61 Å². The Labute approximate surface area is 162 Å². The largest absolute Gasteiger partial charge is 0.493 e. The third-order valence-corrected chi connectivity index (χ3v) is 5.56. The van der Waals surface area contributed by atoms with Crippen LogP contribution >= 0.6 is 23.4 Å². The van der Waals surface area contributed by atoms with Crippen molar-refractivity contribution in [1.82, 2.24) is 5.32 Å². The molecular formula is C19H21ClN2O3S. The van der Waals surface area contributed by atoms with Gasteiger partial charge >= 0.3 is 0 Å². The van der Waals surface area contributed by atoms with Crippen LogP contribution in [-0.4, -0.2) is 25.4 Å². The number of ether oxygens (including phenoxy) is 2. The van der Waals surface area contributed by atoms with E-state index in [1.807, 2.05) is 23.9 Å². The van der Waals surface area contributed by atoms with E-state index in [1.165, 1.54) is 17.6 Å². The van der Waals surface area contributed by atoms with E-state index < -0.39 is 5.91 Å². The first-order chi connectivity index (χ1) is 12.6. The number of halogens is 1. The quantitative estimate of drug-likeness (QED) is 0.753. The van der Waals surface area contributed by atoms with Crippen LogP contribution in [0.15, 0.2) is 41.3 Å². The van der Waals surface area contributed by atoms with Crippen molar-refractivity contribution in [2.75, 3.05) is 19.5 Å². The average molecular weight is 393 g/mol. The summed E-state index contributed by atoms with van der Waals surface area (Å²) in [5.41, 5.74) is 7.44. The van der Waals surface area contributed by atoms with Gasteiger partial charge in [-0.3, -0.25) is 4.79 Å². The minimum atomic E-state index is -0.567. The molecule has 0 radical (unpaired) electrons.